The summed E-state index contributed by atoms with van der Waals surface area (Å²) >= 11 is 0. The van der Waals surface area contributed by atoms with E-state index in [2.05, 4.69) is 11.8 Å². The van der Waals surface area contributed by atoms with Crippen LogP contribution in [0.4, 0.5) is 10.1 Å². The van der Waals surface area contributed by atoms with E-state index in [1.807, 2.05) is 6.07 Å². The highest BCUT2D eigenvalue weighted by Gasteiger charge is 2.20. The van der Waals surface area contributed by atoms with E-state index in [1.54, 1.807) is 6.07 Å². The van der Waals surface area contributed by atoms with Crippen molar-refractivity contribution < 1.29 is 4.39 Å². The van der Waals surface area contributed by atoms with Crippen molar-refractivity contribution in [3.05, 3.63) is 29.6 Å². The first-order valence-electron chi connectivity index (χ1n) is 5.99. The van der Waals surface area contributed by atoms with Crippen LogP contribution in [0.15, 0.2) is 18.2 Å². The summed E-state index contributed by atoms with van der Waals surface area (Å²) in [4.78, 5) is 2.21. The van der Waals surface area contributed by atoms with E-state index in [4.69, 9.17) is 5.73 Å². The van der Waals surface area contributed by atoms with Gasteiger partial charge in [0, 0.05) is 24.8 Å². The Morgan fingerprint density at radius 3 is 3.06 bits per heavy atom. The zero-order valence-corrected chi connectivity index (χ0v) is 9.75. The average molecular weight is 222 g/mol. The van der Waals surface area contributed by atoms with Gasteiger partial charge in [0.25, 0.3) is 0 Å². The zero-order chi connectivity index (χ0) is 11.5. The van der Waals surface area contributed by atoms with Gasteiger partial charge in [-0.25, -0.2) is 4.39 Å². The van der Waals surface area contributed by atoms with Gasteiger partial charge in [0.15, 0.2) is 0 Å². The minimum atomic E-state index is -0.158. The molecule has 1 aromatic carbocycles. The Hall–Kier alpha value is -1.09. The van der Waals surface area contributed by atoms with Crippen molar-refractivity contribution in [2.45, 2.75) is 32.2 Å². The van der Waals surface area contributed by atoms with E-state index in [0.29, 0.717) is 0 Å². The second-order valence-corrected chi connectivity index (χ2v) is 4.52. The van der Waals surface area contributed by atoms with Crippen LogP contribution in [0, 0.1) is 5.82 Å². The maximum absolute atomic E-state index is 13.2. The van der Waals surface area contributed by atoms with Crippen molar-refractivity contribution in [2.24, 2.45) is 5.73 Å². The number of fused-ring (bicyclic) bond motifs is 1. The molecule has 0 amide bonds. The molecule has 0 fully saturated rings. The highest BCUT2D eigenvalue weighted by Crippen LogP contribution is 2.28. The maximum atomic E-state index is 13.2. The van der Waals surface area contributed by atoms with Gasteiger partial charge in [0.2, 0.25) is 0 Å². The fourth-order valence-electron chi connectivity index (χ4n) is 2.35. The molecule has 0 radical (unpaired) electrons. The highest BCUT2D eigenvalue weighted by molar-refractivity contribution is 5.58. The third-order valence-corrected chi connectivity index (χ3v) is 3.15. The highest BCUT2D eigenvalue weighted by atomic mass is 19.1. The van der Waals surface area contributed by atoms with Crippen LogP contribution in [0.1, 0.15) is 25.3 Å². The topological polar surface area (TPSA) is 29.3 Å². The van der Waals surface area contributed by atoms with Gasteiger partial charge < -0.3 is 10.6 Å². The third-order valence-electron chi connectivity index (χ3n) is 3.15. The van der Waals surface area contributed by atoms with Crippen molar-refractivity contribution in [1.29, 1.82) is 0 Å². The molecular formula is C13H19FN2. The van der Waals surface area contributed by atoms with Gasteiger partial charge >= 0.3 is 0 Å². The molecular weight excluding hydrogens is 203 g/mol. The monoisotopic (exact) mass is 222 g/mol. The lowest BCUT2D eigenvalue weighted by Gasteiger charge is -2.23. The first kappa shape index (κ1) is 11.4. The van der Waals surface area contributed by atoms with Crippen LogP contribution >= 0.6 is 0 Å². The molecule has 2 rings (SSSR count). The van der Waals surface area contributed by atoms with Crippen LogP contribution in [-0.2, 0) is 6.42 Å². The Morgan fingerprint density at radius 2 is 2.31 bits per heavy atom. The van der Waals surface area contributed by atoms with Gasteiger partial charge in [-0.3, -0.25) is 0 Å². The molecule has 88 valence electrons. The molecule has 2 N–H and O–H groups in total. The lowest BCUT2D eigenvalue weighted by Crippen LogP contribution is -2.36. The van der Waals surface area contributed by atoms with Crippen molar-refractivity contribution in [3.63, 3.8) is 0 Å². The molecule has 1 heterocycles. The molecule has 1 atom stereocenters. The predicted octanol–water partition coefficient (Wildman–Crippen LogP) is 2.32. The van der Waals surface area contributed by atoms with Crippen molar-refractivity contribution in [2.75, 3.05) is 18.0 Å². The summed E-state index contributed by atoms with van der Waals surface area (Å²) in [6.45, 7) is 3.94. The SMILES string of the molecule is CCCC(N)CN1CCc2ccc(F)cc21. The molecule has 0 spiro atoms. The van der Waals surface area contributed by atoms with Gasteiger partial charge in [0.05, 0.1) is 0 Å². The lowest BCUT2D eigenvalue weighted by molar-refractivity contribution is 0.586. The largest absolute Gasteiger partial charge is 0.369 e. The molecule has 0 saturated carbocycles. The Bertz CT molecular complexity index is 365. The minimum Gasteiger partial charge on any atom is -0.369 e. The number of hydrogen-bond donors (Lipinski definition) is 1. The Balaban J connectivity index is 2.08. The Labute approximate surface area is 96.2 Å². The van der Waals surface area contributed by atoms with E-state index >= 15 is 0 Å². The molecule has 2 nitrogen and oxygen atoms in total. The van der Waals surface area contributed by atoms with E-state index in [1.165, 1.54) is 11.6 Å². The second kappa shape index (κ2) is 4.83. The summed E-state index contributed by atoms with van der Waals surface area (Å²) in [5.74, 6) is -0.158. The smallest absolute Gasteiger partial charge is 0.125 e. The third kappa shape index (κ3) is 2.35. The number of anilines is 1. The fourth-order valence-corrected chi connectivity index (χ4v) is 2.35. The lowest BCUT2D eigenvalue weighted by atomic mass is 10.1. The van der Waals surface area contributed by atoms with Crippen LogP contribution in [0.3, 0.4) is 0 Å². The van der Waals surface area contributed by atoms with Gasteiger partial charge in [-0.1, -0.05) is 19.4 Å². The molecule has 3 heteroatoms. The molecule has 16 heavy (non-hydrogen) atoms. The predicted molar refractivity (Wildman–Crippen MR) is 65.2 cm³/mol. The first-order valence-corrected chi connectivity index (χ1v) is 5.99. The normalized spacial score (nSPS) is 16.3. The molecule has 0 aromatic heterocycles. The Kier molecular flexibility index (Phi) is 3.44. The molecule has 1 unspecified atom stereocenters. The second-order valence-electron chi connectivity index (χ2n) is 4.52. The van der Waals surface area contributed by atoms with E-state index < -0.39 is 0 Å². The number of rotatable bonds is 4. The van der Waals surface area contributed by atoms with Crippen LogP contribution in [0.5, 0.6) is 0 Å². The molecule has 0 saturated heterocycles. The molecule has 1 aromatic rings. The van der Waals surface area contributed by atoms with Gasteiger partial charge in [0.1, 0.15) is 5.82 Å². The summed E-state index contributed by atoms with van der Waals surface area (Å²) in [6.07, 6.45) is 3.14. The summed E-state index contributed by atoms with van der Waals surface area (Å²) in [5, 5.41) is 0. The summed E-state index contributed by atoms with van der Waals surface area (Å²) in [6, 6.07) is 5.24. The zero-order valence-electron chi connectivity index (χ0n) is 9.75. The number of benzene rings is 1. The van der Waals surface area contributed by atoms with Crippen molar-refractivity contribution >= 4 is 5.69 Å². The molecule has 0 bridgehead atoms. The molecule has 1 aliphatic heterocycles. The van der Waals surface area contributed by atoms with E-state index in [-0.39, 0.29) is 11.9 Å². The average Bonchev–Trinajstić information content (AvgIpc) is 2.61. The van der Waals surface area contributed by atoms with Crippen molar-refractivity contribution in [3.8, 4) is 0 Å². The summed E-state index contributed by atoms with van der Waals surface area (Å²) < 4.78 is 13.2. The van der Waals surface area contributed by atoms with Crippen LogP contribution in [-0.4, -0.2) is 19.1 Å². The van der Waals surface area contributed by atoms with Crippen LogP contribution in [0.2, 0.25) is 0 Å². The van der Waals surface area contributed by atoms with Crippen LogP contribution < -0.4 is 10.6 Å². The Morgan fingerprint density at radius 1 is 1.50 bits per heavy atom. The number of nitrogens with two attached hydrogens (primary N) is 1. The maximum Gasteiger partial charge on any atom is 0.125 e. The fraction of sp³-hybridized carbons (Fsp3) is 0.538. The van der Waals surface area contributed by atoms with Gasteiger partial charge in [-0.15, -0.1) is 0 Å². The number of hydrogen-bond acceptors (Lipinski definition) is 2. The standard InChI is InChI=1S/C13H19FN2/c1-2-3-12(15)9-16-7-6-10-4-5-11(14)8-13(10)16/h4-5,8,12H,2-3,6-7,9,15H2,1H3. The quantitative estimate of drug-likeness (QED) is 0.847. The molecule has 1 aliphatic rings. The number of halogens is 1. The summed E-state index contributed by atoms with van der Waals surface area (Å²) in [7, 11) is 0. The first-order chi connectivity index (χ1) is 7.70. The minimum absolute atomic E-state index is 0.158. The van der Waals surface area contributed by atoms with Crippen LogP contribution in [0.25, 0.3) is 0 Å². The van der Waals surface area contributed by atoms with E-state index in [0.717, 1.165) is 38.0 Å². The number of nitrogens with zero attached hydrogens (tertiary/aromatic N) is 1. The molecule has 0 aliphatic carbocycles. The van der Waals surface area contributed by atoms with Crippen molar-refractivity contribution in [1.82, 2.24) is 0 Å². The summed E-state index contributed by atoms with van der Waals surface area (Å²) in [5.41, 5.74) is 8.30. The van der Waals surface area contributed by atoms with Gasteiger partial charge in [-0.05, 0) is 30.5 Å². The van der Waals surface area contributed by atoms with Gasteiger partial charge in [-0.2, -0.15) is 0 Å². The van der Waals surface area contributed by atoms with E-state index in [9.17, 15) is 4.39 Å².